The predicted octanol–water partition coefficient (Wildman–Crippen LogP) is -6.98. The zero-order chi connectivity index (χ0) is 18.3. The summed E-state index contributed by atoms with van der Waals surface area (Å²) in [4.78, 5) is 30.0. The van der Waals surface area contributed by atoms with Gasteiger partial charge in [-0.15, -0.1) is 0 Å². The van der Waals surface area contributed by atoms with Crippen molar-refractivity contribution in [3.8, 4) is 0 Å². The third-order valence-electron chi connectivity index (χ3n) is 2.35. The standard InChI is InChI=1S/C6H14O.C6H12O.CH2O3.CH2O2.2Na.H2O/c2*1-5(7)6(2,3)4;2-1-4-3;2-1-3;;;/h5,7H,1-4H3;1-4H3;1,3H;1H,(H,2,3);;;1H2/q;;;;2*+1;/p-2/t5-;;;;;;/m0....../s1. The molecule has 0 spiro atoms. The Morgan fingerprint density at radius 1 is 1.08 bits per heavy atom. The topological polar surface area (TPSA) is 158 Å². The molecule has 0 heterocycles. The minimum absolute atomic E-state index is 0. The maximum Gasteiger partial charge on any atom is 1.00 e. The second kappa shape index (κ2) is 25.7. The summed E-state index contributed by atoms with van der Waals surface area (Å²) < 4.78 is 0. The molecule has 0 aliphatic rings. The van der Waals surface area contributed by atoms with Gasteiger partial charge in [0, 0.05) is 11.9 Å². The molecule has 0 saturated carbocycles. The third-order valence-corrected chi connectivity index (χ3v) is 2.35. The Morgan fingerprint density at radius 3 is 1.21 bits per heavy atom. The molecule has 0 radical (unpaired) electrons. The first-order valence-corrected chi connectivity index (χ1v) is 6.19. The van der Waals surface area contributed by atoms with E-state index in [2.05, 4.69) is 4.89 Å². The fraction of sp³-hybridized carbons (Fsp3) is 0.786. The molecule has 1 atom stereocenters. The van der Waals surface area contributed by atoms with Crippen molar-refractivity contribution < 1.29 is 99.3 Å². The Kier molecular flexibility index (Phi) is 47.4. The second-order valence-electron chi connectivity index (χ2n) is 6.14. The first-order valence-electron chi connectivity index (χ1n) is 6.19. The largest absolute Gasteiger partial charge is 1.00 e. The van der Waals surface area contributed by atoms with Gasteiger partial charge in [-0.25, -0.2) is 0 Å². The van der Waals surface area contributed by atoms with Gasteiger partial charge in [-0.3, -0.25) is 9.59 Å². The van der Waals surface area contributed by atoms with E-state index in [1.165, 1.54) is 0 Å². The van der Waals surface area contributed by atoms with Crippen LogP contribution in [0.25, 0.3) is 0 Å². The van der Waals surface area contributed by atoms with Gasteiger partial charge in [-0.1, -0.05) is 41.5 Å². The van der Waals surface area contributed by atoms with Crippen LogP contribution in [0.5, 0.6) is 0 Å². The molecule has 0 aromatic rings. The molecule has 0 unspecified atom stereocenters. The quantitative estimate of drug-likeness (QED) is 0.207. The number of Topliss-reactive ketones (excluding diaryl/α,β-unsaturated/α-hetero) is 1. The Hall–Kier alpha value is 0.490. The van der Waals surface area contributed by atoms with E-state index in [0.717, 1.165) is 0 Å². The zero-order valence-corrected chi connectivity index (χ0v) is 20.6. The van der Waals surface area contributed by atoms with Gasteiger partial charge in [-0.2, -0.15) is 0 Å². The molecule has 8 nitrogen and oxygen atoms in total. The Bertz CT molecular complexity index is 271. The number of rotatable bonds is 1. The van der Waals surface area contributed by atoms with Gasteiger partial charge >= 0.3 is 59.1 Å². The molecule has 0 aliphatic carbocycles. The van der Waals surface area contributed by atoms with Crippen LogP contribution in [-0.4, -0.2) is 35.4 Å². The van der Waals surface area contributed by atoms with E-state index in [1.807, 2.05) is 41.5 Å². The van der Waals surface area contributed by atoms with E-state index < -0.39 is 6.47 Å². The van der Waals surface area contributed by atoms with Crippen molar-refractivity contribution >= 4 is 18.7 Å². The number of carbonyl (C=O) groups excluding carboxylic acids is 3. The fourth-order valence-electron chi connectivity index (χ4n) is 0. The number of aliphatic hydroxyl groups excluding tert-OH is 1. The van der Waals surface area contributed by atoms with Crippen molar-refractivity contribution in [1.82, 2.24) is 0 Å². The normalized spacial score (nSPS) is 9.58. The van der Waals surface area contributed by atoms with Crippen LogP contribution in [-0.2, 0) is 19.3 Å². The molecule has 136 valence electrons. The SMILES string of the molecule is CC(=O)C(C)(C)C.C[C@H](O)C(C)(C)C.O.O=CO[O-].O=C[O-].[Na+].[Na+]. The van der Waals surface area contributed by atoms with Gasteiger partial charge in [0.1, 0.15) is 5.78 Å². The van der Waals surface area contributed by atoms with Crippen LogP contribution in [0, 0.1) is 10.8 Å². The summed E-state index contributed by atoms with van der Waals surface area (Å²) in [7, 11) is 0. The minimum atomic E-state index is -0.500. The Morgan fingerprint density at radius 2 is 1.21 bits per heavy atom. The van der Waals surface area contributed by atoms with Crippen LogP contribution in [0.15, 0.2) is 0 Å². The van der Waals surface area contributed by atoms with Crippen molar-refractivity contribution in [1.29, 1.82) is 0 Å². The number of carboxylic acid groups (broad SMARTS) is 1. The summed E-state index contributed by atoms with van der Waals surface area (Å²) in [6, 6.07) is 0. The summed E-state index contributed by atoms with van der Waals surface area (Å²) >= 11 is 0. The molecule has 0 bridgehead atoms. The van der Waals surface area contributed by atoms with Gasteiger partial charge in [0.25, 0.3) is 6.47 Å². The van der Waals surface area contributed by atoms with E-state index in [1.54, 1.807) is 13.8 Å². The van der Waals surface area contributed by atoms with Crippen molar-refractivity contribution in [3.63, 3.8) is 0 Å². The summed E-state index contributed by atoms with van der Waals surface area (Å²) in [5.74, 6) is 0.243. The fourth-order valence-corrected chi connectivity index (χ4v) is 0. The number of hydrogen-bond donors (Lipinski definition) is 1. The monoisotopic (exact) mass is 372 g/mol. The number of ketones is 1. The molecule has 24 heavy (non-hydrogen) atoms. The maximum absolute atomic E-state index is 10.5. The molecule has 0 aromatic carbocycles. The summed E-state index contributed by atoms with van der Waals surface area (Å²) in [6.07, 6.45) is -0.201. The summed E-state index contributed by atoms with van der Waals surface area (Å²) in [5, 5.41) is 25.6. The molecule has 0 amide bonds. The van der Waals surface area contributed by atoms with Gasteiger partial charge in [-0.05, 0) is 19.3 Å². The van der Waals surface area contributed by atoms with Crippen LogP contribution in [0.3, 0.4) is 0 Å². The van der Waals surface area contributed by atoms with E-state index >= 15 is 0 Å². The van der Waals surface area contributed by atoms with Crippen molar-refractivity contribution in [2.24, 2.45) is 10.8 Å². The molecule has 3 N–H and O–H groups in total. The maximum atomic E-state index is 10.5. The van der Waals surface area contributed by atoms with E-state index in [0.29, 0.717) is 0 Å². The molecular weight excluding hydrogens is 342 g/mol. The van der Waals surface area contributed by atoms with Crippen molar-refractivity contribution in [2.45, 2.75) is 61.5 Å². The van der Waals surface area contributed by atoms with E-state index in [-0.39, 0.29) is 93.8 Å². The first kappa shape index (κ1) is 44.2. The van der Waals surface area contributed by atoms with Crippen molar-refractivity contribution in [2.75, 3.05) is 0 Å². The third kappa shape index (κ3) is 57.1. The molecule has 0 fully saturated rings. The molecule has 0 saturated heterocycles. The predicted molar refractivity (Wildman–Crippen MR) is 78.1 cm³/mol. The Balaban J connectivity index is -0.0000000323. The molecular formula is C14H30Na2O8. The first-order chi connectivity index (χ1) is 9.22. The second-order valence-corrected chi connectivity index (χ2v) is 6.14. The molecule has 0 rings (SSSR count). The van der Waals surface area contributed by atoms with Gasteiger partial charge in [0.05, 0.1) is 6.10 Å². The van der Waals surface area contributed by atoms with Gasteiger partial charge < -0.3 is 30.6 Å². The summed E-state index contributed by atoms with van der Waals surface area (Å²) in [5.41, 5.74) is -0.0833. The van der Waals surface area contributed by atoms with Crippen LogP contribution < -0.4 is 69.5 Å². The Labute approximate surface area is 189 Å². The summed E-state index contributed by atoms with van der Waals surface area (Å²) in [6.45, 7) is 14.5. The van der Waals surface area contributed by atoms with Crippen LogP contribution in [0.2, 0.25) is 0 Å². The number of carbonyl (C=O) groups is 3. The smallest absolute Gasteiger partial charge is 0.662 e. The zero-order valence-electron chi connectivity index (χ0n) is 16.6. The van der Waals surface area contributed by atoms with E-state index in [4.69, 9.17) is 25.1 Å². The minimum Gasteiger partial charge on any atom is -0.662 e. The number of hydrogen-bond acceptors (Lipinski definition) is 7. The van der Waals surface area contributed by atoms with Crippen LogP contribution in [0.4, 0.5) is 0 Å². The molecule has 0 aliphatic heterocycles. The molecule has 0 aromatic heterocycles. The molecule has 10 heteroatoms. The van der Waals surface area contributed by atoms with Crippen molar-refractivity contribution in [3.05, 3.63) is 0 Å². The van der Waals surface area contributed by atoms with Gasteiger partial charge in [0.15, 0.2) is 0 Å². The van der Waals surface area contributed by atoms with Crippen LogP contribution >= 0.6 is 0 Å². The van der Waals surface area contributed by atoms with E-state index in [9.17, 15) is 4.79 Å². The van der Waals surface area contributed by atoms with Crippen LogP contribution in [0.1, 0.15) is 55.4 Å². The average Bonchev–Trinajstić information content (AvgIpc) is 2.28. The average molecular weight is 372 g/mol. The van der Waals surface area contributed by atoms with Gasteiger partial charge in [0.2, 0.25) is 0 Å². The number of aliphatic hydroxyl groups is 1.